The molecule has 0 spiro atoms. The van der Waals surface area contributed by atoms with Gasteiger partial charge in [0.1, 0.15) is 29.6 Å². The molecule has 0 fully saturated rings. The fourth-order valence-corrected chi connectivity index (χ4v) is 3.32. The van der Waals surface area contributed by atoms with E-state index in [0.717, 1.165) is 0 Å². The zero-order chi connectivity index (χ0) is 19.3. The Labute approximate surface area is 157 Å². The quantitative estimate of drug-likeness (QED) is 0.723. The maximum Gasteiger partial charge on any atom is 0.271 e. The van der Waals surface area contributed by atoms with Crippen molar-refractivity contribution in [3.63, 3.8) is 0 Å². The number of fused-ring (bicyclic) bond motifs is 2. The number of benzene rings is 1. The van der Waals surface area contributed by atoms with Gasteiger partial charge in [-0.1, -0.05) is 23.4 Å². The van der Waals surface area contributed by atoms with Gasteiger partial charge in [0.15, 0.2) is 11.5 Å². The van der Waals surface area contributed by atoms with E-state index in [-0.39, 0.29) is 17.7 Å². The van der Waals surface area contributed by atoms with Crippen LogP contribution in [-0.4, -0.2) is 44.6 Å². The molecule has 2 aliphatic rings. The second-order valence-corrected chi connectivity index (χ2v) is 6.47. The minimum Gasteiger partial charge on any atom is -0.335 e. The van der Waals surface area contributed by atoms with Crippen molar-refractivity contribution < 1.29 is 4.52 Å². The lowest BCUT2D eigenvalue weighted by Crippen LogP contribution is -2.53. The van der Waals surface area contributed by atoms with Gasteiger partial charge in [-0.2, -0.15) is 4.98 Å². The van der Waals surface area contributed by atoms with Crippen molar-refractivity contribution in [1.82, 2.24) is 14.7 Å². The number of hydrogen-bond acceptors (Lipinski definition) is 9. The third-order valence-electron chi connectivity index (χ3n) is 4.65. The molecule has 0 saturated heterocycles. The standard InChI is InChI=1S/C18H14N8O2/c1-10-13-16(28-25-10)24-12(26(17(13)27)11-5-3-2-4-6-11)7-18(19)14-15(21-8-20-14)22-9-23-18/h2-6,8-9H,7,19H2,1H3. The molecule has 2 aliphatic heterocycles. The van der Waals surface area contributed by atoms with Crippen LogP contribution in [-0.2, 0) is 6.42 Å². The number of nitrogens with zero attached hydrogens (tertiary/aromatic N) is 7. The molecule has 2 N–H and O–H groups in total. The molecular formula is C18H14N8O2. The first-order valence-electron chi connectivity index (χ1n) is 8.52. The van der Waals surface area contributed by atoms with Gasteiger partial charge in [0.05, 0.1) is 17.8 Å². The predicted octanol–water partition coefficient (Wildman–Crippen LogP) is 0.803. The molecule has 138 valence electrons. The lowest BCUT2D eigenvalue weighted by atomic mass is 9.98. The smallest absolute Gasteiger partial charge is 0.271 e. The summed E-state index contributed by atoms with van der Waals surface area (Å²) in [5, 5.41) is 4.20. The van der Waals surface area contributed by atoms with Crippen molar-refractivity contribution in [2.45, 2.75) is 19.0 Å². The van der Waals surface area contributed by atoms with Gasteiger partial charge >= 0.3 is 0 Å². The van der Waals surface area contributed by atoms with E-state index in [1.54, 1.807) is 6.92 Å². The summed E-state index contributed by atoms with van der Waals surface area (Å²) in [6, 6.07) is 9.18. The second-order valence-electron chi connectivity index (χ2n) is 6.47. The van der Waals surface area contributed by atoms with E-state index in [1.807, 2.05) is 30.3 Å². The number of rotatable bonds is 3. The molecule has 0 saturated carbocycles. The van der Waals surface area contributed by atoms with Crippen LogP contribution in [0.25, 0.3) is 16.8 Å². The fraction of sp³-hybridized carbons (Fsp3) is 0.167. The van der Waals surface area contributed by atoms with Gasteiger partial charge in [-0.3, -0.25) is 9.36 Å². The fourth-order valence-electron chi connectivity index (χ4n) is 3.32. The lowest BCUT2D eigenvalue weighted by Gasteiger charge is -2.27. The number of amidine groups is 1. The normalized spacial score (nSPS) is 20.4. The predicted molar refractivity (Wildman–Crippen MR) is 105 cm³/mol. The largest absolute Gasteiger partial charge is 0.335 e. The van der Waals surface area contributed by atoms with Gasteiger partial charge in [-0.05, 0) is 19.1 Å². The van der Waals surface area contributed by atoms with Gasteiger partial charge in [-0.25, -0.2) is 20.0 Å². The van der Waals surface area contributed by atoms with Crippen molar-refractivity contribution in [2.24, 2.45) is 25.7 Å². The van der Waals surface area contributed by atoms with Crippen molar-refractivity contribution in [3.05, 3.63) is 52.2 Å². The highest BCUT2D eigenvalue weighted by atomic mass is 16.5. The summed E-state index contributed by atoms with van der Waals surface area (Å²) in [7, 11) is 0. The zero-order valence-corrected chi connectivity index (χ0v) is 14.8. The number of aliphatic imine (C=N–C) groups is 4. The summed E-state index contributed by atoms with van der Waals surface area (Å²) in [5.74, 6) is 0.776. The summed E-state index contributed by atoms with van der Waals surface area (Å²) in [6.07, 6.45) is 2.81. The van der Waals surface area contributed by atoms with Crippen molar-refractivity contribution in [1.29, 1.82) is 0 Å². The maximum atomic E-state index is 13.3. The van der Waals surface area contributed by atoms with Crippen LogP contribution in [0.4, 0.5) is 0 Å². The van der Waals surface area contributed by atoms with Crippen LogP contribution in [0.15, 0.2) is 59.6 Å². The van der Waals surface area contributed by atoms with Crippen LogP contribution in [0.1, 0.15) is 11.5 Å². The Morgan fingerprint density at radius 1 is 1.18 bits per heavy atom. The Morgan fingerprint density at radius 3 is 2.82 bits per heavy atom. The molecule has 0 radical (unpaired) electrons. The topological polar surface area (TPSA) is 136 Å². The summed E-state index contributed by atoms with van der Waals surface area (Å²) < 4.78 is 6.74. The molecule has 1 unspecified atom stereocenters. The van der Waals surface area contributed by atoms with Crippen LogP contribution in [0.5, 0.6) is 0 Å². The minimum absolute atomic E-state index is 0.0878. The first kappa shape index (κ1) is 16.4. The molecule has 10 heteroatoms. The molecule has 0 aliphatic carbocycles. The van der Waals surface area contributed by atoms with Gasteiger partial charge < -0.3 is 10.3 Å². The Hall–Kier alpha value is -3.79. The molecule has 0 bridgehead atoms. The van der Waals surface area contributed by atoms with E-state index in [1.165, 1.54) is 17.2 Å². The van der Waals surface area contributed by atoms with Crippen LogP contribution in [0.3, 0.4) is 0 Å². The Kier molecular flexibility index (Phi) is 3.43. The number of aryl methyl sites for hydroxylation is 1. The first-order valence-corrected chi connectivity index (χ1v) is 8.52. The van der Waals surface area contributed by atoms with Gasteiger partial charge in [0.2, 0.25) is 0 Å². The summed E-state index contributed by atoms with van der Waals surface area (Å²) in [5.41, 5.74) is 6.70. The van der Waals surface area contributed by atoms with Crippen molar-refractivity contribution >= 4 is 35.3 Å². The molecule has 0 amide bonds. The van der Waals surface area contributed by atoms with Gasteiger partial charge in [0, 0.05) is 0 Å². The minimum atomic E-state index is -1.26. The Bertz CT molecular complexity index is 1280. The lowest BCUT2D eigenvalue weighted by molar-refractivity contribution is 0.440. The third-order valence-corrected chi connectivity index (χ3v) is 4.65. The van der Waals surface area contributed by atoms with Crippen LogP contribution >= 0.6 is 0 Å². The molecular weight excluding hydrogens is 360 g/mol. The van der Waals surface area contributed by atoms with Crippen LogP contribution < -0.4 is 11.3 Å². The highest BCUT2D eigenvalue weighted by Crippen LogP contribution is 2.22. The molecule has 5 rings (SSSR count). The summed E-state index contributed by atoms with van der Waals surface area (Å²) >= 11 is 0. The summed E-state index contributed by atoms with van der Waals surface area (Å²) in [4.78, 5) is 34.5. The monoisotopic (exact) mass is 374 g/mol. The highest BCUT2D eigenvalue weighted by molar-refractivity contribution is 6.50. The zero-order valence-electron chi connectivity index (χ0n) is 14.8. The van der Waals surface area contributed by atoms with E-state index in [2.05, 4.69) is 30.1 Å². The van der Waals surface area contributed by atoms with Crippen LogP contribution in [0.2, 0.25) is 0 Å². The molecule has 1 aromatic carbocycles. The molecule has 10 nitrogen and oxygen atoms in total. The first-order chi connectivity index (χ1) is 13.6. The number of nitrogens with two attached hydrogens (primary N) is 1. The molecule has 3 aromatic rings. The molecule has 28 heavy (non-hydrogen) atoms. The highest BCUT2D eigenvalue weighted by Gasteiger charge is 2.39. The van der Waals surface area contributed by atoms with Crippen molar-refractivity contribution in [3.8, 4) is 5.69 Å². The van der Waals surface area contributed by atoms with Crippen molar-refractivity contribution in [2.75, 3.05) is 0 Å². The number of hydrogen-bond donors (Lipinski definition) is 1. The van der Waals surface area contributed by atoms with E-state index in [9.17, 15) is 4.79 Å². The van der Waals surface area contributed by atoms with E-state index >= 15 is 0 Å². The van der Waals surface area contributed by atoms with Gasteiger partial charge in [-0.15, -0.1) is 0 Å². The average Bonchev–Trinajstić information content (AvgIpc) is 3.31. The Morgan fingerprint density at radius 2 is 2.00 bits per heavy atom. The summed E-state index contributed by atoms with van der Waals surface area (Å²) in [6.45, 7) is 1.70. The van der Waals surface area contributed by atoms with E-state index in [0.29, 0.717) is 34.1 Å². The van der Waals surface area contributed by atoms with Gasteiger partial charge in [0.25, 0.3) is 11.3 Å². The molecule has 4 heterocycles. The molecule has 2 aromatic heterocycles. The molecule has 1 atom stereocenters. The van der Waals surface area contributed by atoms with Crippen LogP contribution in [0, 0.1) is 6.92 Å². The third kappa shape index (κ3) is 2.35. The number of aromatic nitrogens is 3. The number of para-hydroxylation sites is 1. The SMILES string of the molecule is Cc1noc2nc(CC3(N)N=CN=C4N=CN=C43)n(-c3ccccc3)c(=O)c12. The van der Waals surface area contributed by atoms with E-state index in [4.69, 9.17) is 10.3 Å². The second kappa shape index (κ2) is 5.86. The maximum absolute atomic E-state index is 13.3. The average molecular weight is 374 g/mol. The Balaban J connectivity index is 1.72. The van der Waals surface area contributed by atoms with E-state index < -0.39 is 5.66 Å².